The van der Waals surface area contributed by atoms with Crippen molar-refractivity contribution in [2.24, 2.45) is 14.1 Å². The molecule has 1 aliphatic rings. The number of nitrogens with zero attached hydrogens (tertiary/aromatic N) is 3. The molecular weight excluding hydrogens is 322 g/mol. The maximum atomic E-state index is 12.3. The van der Waals surface area contributed by atoms with Crippen molar-refractivity contribution in [1.29, 1.82) is 0 Å². The van der Waals surface area contributed by atoms with Crippen LogP contribution in [-0.2, 0) is 27.1 Å². The molecule has 2 aromatic rings. The van der Waals surface area contributed by atoms with E-state index in [1.54, 1.807) is 36.5 Å². The first kappa shape index (κ1) is 17.1. The average Bonchev–Trinajstić information content (AvgIpc) is 2.96. The first-order valence-corrected chi connectivity index (χ1v) is 8.29. The number of ether oxygens (including phenoxy) is 1. The third kappa shape index (κ3) is 3.52. The van der Waals surface area contributed by atoms with Crippen molar-refractivity contribution in [2.45, 2.75) is 31.8 Å². The first-order chi connectivity index (χ1) is 12.0. The highest BCUT2D eigenvalue weighted by molar-refractivity contribution is 5.74. The number of aromatic nitrogens is 3. The van der Waals surface area contributed by atoms with E-state index in [2.05, 4.69) is 15.7 Å². The quantitative estimate of drug-likeness (QED) is 0.865. The highest BCUT2D eigenvalue weighted by atomic mass is 16.5. The summed E-state index contributed by atoms with van der Waals surface area (Å²) >= 11 is 0. The van der Waals surface area contributed by atoms with Crippen LogP contribution < -0.4 is 20.9 Å². The standard InChI is InChI=1S/C17H23N5O3/c1-21-10-11(16(20-21)25-3)9-18-17(24)19-13-5-4-6-14-12(13)7-8-15(23)22(14)2/h7-8,10,13H,4-6,9H2,1-3H3,(H2,18,19,24). The SMILES string of the molecule is COc1nn(C)cc1CNC(=O)NC1CCCc2c1ccc(=O)n2C. The predicted octanol–water partition coefficient (Wildman–Crippen LogP) is 1.00. The second-order valence-electron chi connectivity index (χ2n) is 6.24. The van der Waals surface area contributed by atoms with Crippen LogP contribution in [0.2, 0.25) is 0 Å². The molecule has 1 unspecified atom stereocenters. The third-order valence-corrected chi connectivity index (χ3v) is 4.56. The van der Waals surface area contributed by atoms with Crippen molar-refractivity contribution in [3.05, 3.63) is 45.5 Å². The molecular formula is C17H23N5O3. The Hall–Kier alpha value is -2.77. The van der Waals surface area contributed by atoms with Gasteiger partial charge in [-0.2, -0.15) is 0 Å². The fourth-order valence-corrected chi connectivity index (χ4v) is 3.30. The molecule has 2 N–H and O–H groups in total. The van der Waals surface area contributed by atoms with Gasteiger partial charge in [-0.25, -0.2) is 4.79 Å². The number of nitrogens with one attached hydrogen (secondary N) is 2. The van der Waals surface area contributed by atoms with E-state index in [0.717, 1.165) is 36.1 Å². The van der Waals surface area contributed by atoms with Gasteiger partial charge in [0.2, 0.25) is 11.4 Å². The van der Waals surface area contributed by atoms with E-state index in [9.17, 15) is 9.59 Å². The molecule has 0 spiro atoms. The number of carbonyl (C=O) groups is 1. The van der Waals surface area contributed by atoms with Crippen LogP contribution in [0.5, 0.6) is 5.88 Å². The molecule has 8 nitrogen and oxygen atoms in total. The number of aryl methyl sites for hydroxylation is 1. The minimum absolute atomic E-state index is 0.0208. The summed E-state index contributed by atoms with van der Waals surface area (Å²) in [6.07, 6.45) is 4.46. The molecule has 3 rings (SSSR count). The van der Waals surface area contributed by atoms with Gasteiger partial charge in [-0.05, 0) is 30.9 Å². The highest BCUT2D eigenvalue weighted by Crippen LogP contribution is 2.28. The van der Waals surface area contributed by atoms with Crippen molar-refractivity contribution < 1.29 is 9.53 Å². The van der Waals surface area contributed by atoms with Crippen LogP contribution in [0.25, 0.3) is 0 Å². The lowest BCUT2D eigenvalue weighted by molar-refractivity contribution is 0.235. The van der Waals surface area contributed by atoms with Gasteiger partial charge in [0, 0.05) is 32.1 Å². The Balaban J connectivity index is 1.66. The molecule has 8 heteroatoms. The lowest BCUT2D eigenvalue weighted by Crippen LogP contribution is -2.39. The van der Waals surface area contributed by atoms with Crippen molar-refractivity contribution in [3.8, 4) is 5.88 Å². The normalized spacial score (nSPS) is 16.2. The molecule has 25 heavy (non-hydrogen) atoms. The van der Waals surface area contributed by atoms with Gasteiger partial charge in [-0.1, -0.05) is 0 Å². The lowest BCUT2D eigenvalue weighted by atomic mass is 9.91. The Bertz CT molecular complexity index is 839. The van der Waals surface area contributed by atoms with Crippen LogP contribution in [0.4, 0.5) is 4.79 Å². The lowest BCUT2D eigenvalue weighted by Gasteiger charge is -2.27. The maximum Gasteiger partial charge on any atom is 0.315 e. The van der Waals surface area contributed by atoms with Crippen LogP contribution in [0.1, 0.15) is 35.7 Å². The van der Waals surface area contributed by atoms with E-state index in [1.165, 1.54) is 0 Å². The van der Waals surface area contributed by atoms with E-state index in [4.69, 9.17) is 4.74 Å². The number of fused-ring (bicyclic) bond motifs is 1. The number of carbonyl (C=O) groups excluding carboxylic acids is 1. The Morgan fingerprint density at radius 3 is 2.96 bits per heavy atom. The molecule has 0 saturated carbocycles. The van der Waals surface area contributed by atoms with E-state index in [1.807, 2.05) is 12.3 Å². The van der Waals surface area contributed by atoms with E-state index in [-0.39, 0.29) is 17.6 Å². The number of amides is 2. The fourth-order valence-electron chi connectivity index (χ4n) is 3.30. The van der Waals surface area contributed by atoms with Crippen LogP contribution in [-0.4, -0.2) is 27.5 Å². The molecule has 2 aromatic heterocycles. The van der Waals surface area contributed by atoms with Gasteiger partial charge in [0.15, 0.2) is 0 Å². The summed E-state index contributed by atoms with van der Waals surface area (Å²) in [5.41, 5.74) is 2.81. The molecule has 0 aliphatic heterocycles. The molecule has 1 atom stereocenters. The number of urea groups is 1. The topological polar surface area (TPSA) is 90.2 Å². The molecule has 134 valence electrons. The fraction of sp³-hybridized carbons (Fsp3) is 0.471. The summed E-state index contributed by atoms with van der Waals surface area (Å²) in [4.78, 5) is 24.1. The maximum absolute atomic E-state index is 12.3. The van der Waals surface area contributed by atoms with Crippen molar-refractivity contribution in [3.63, 3.8) is 0 Å². The Kier molecular flexibility index (Phi) is 4.78. The smallest absolute Gasteiger partial charge is 0.315 e. The summed E-state index contributed by atoms with van der Waals surface area (Å²) in [5.74, 6) is 0.501. The van der Waals surface area contributed by atoms with E-state index in [0.29, 0.717) is 12.4 Å². The van der Waals surface area contributed by atoms with Crippen LogP contribution >= 0.6 is 0 Å². The number of methoxy groups -OCH3 is 1. The van der Waals surface area contributed by atoms with Crippen molar-refractivity contribution in [1.82, 2.24) is 25.0 Å². The largest absolute Gasteiger partial charge is 0.480 e. The van der Waals surface area contributed by atoms with Gasteiger partial charge in [-0.3, -0.25) is 9.48 Å². The average molecular weight is 345 g/mol. The molecule has 2 amide bonds. The Morgan fingerprint density at radius 2 is 2.20 bits per heavy atom. The van der Waals surface area contributed by atoms with Crippen molar-refractivity contribution in [2.75, 3.05) is 7.11 Å². The molecule has 1 aliphatic carbocycles. The first-order valence-electron chi connectivity index (χ1n) is 8.29. The van der Waals surface area contributed by atoms with E-state index < -0.39 is 0 Å². The van der Waals surface area contributed by atoms with Gasteiger partial charge in [0.1, 0.15) is 0 Å². The van der Waals surface area contributed by atoms with Gasteiger partial charge < -0.3 is 19.9 Å². The summed E-state index contributed by atoms with van der Waals surface area (Å²) in [5, 5.41) is 10.0. The van der Waals surface area contributed by atoms with Gasteiger partial charge in [0.05, 0.1) is 25.3 Å². The minimum Gasteiger partial charge on any atom is -0.480 e. The molecule has 0 fully saturated rings. The number of hydrogen-bond acceptors (Lipinski definition) is 4. The molecule has 0 saturated heterocycles. The molecule has 0 radical (unpaired) electrons. The molecule has 0 aromatic carbocycles. The summed E-state index contributed by atoms with van der Waals surface area (Å²) in [7, 11) is 5.13. The Labute approximate surface area is 145 Å². The van der Waals surface area contributed by atoms with Crippen molar-refractivity contribution >= 4 is 6.03 Å². The number of hydrogen-bond donors (Lipinski definition) is 2. The van der Waals surface area contributed by atoms with Crippen LogP contribution in [0, 0.1) is 0 Å². The van der Waals surface area contributed by atoms with Gasteiger partial charge in [-0.15, -0.1) is 5.10 Å². The highest BCUT2D eigenvalue weighted by Gasteiger charge is 2.23. The summed E-state index contributed by atoms with van der Waals surface area (Å²) < 4.78 is 8.50. The summed E-state index contributed by atoms with van der Waals surface area (Å²) in [6, 6.07) is 3.03. The third-order valence-electron chi connectivity index (χ3n) is 4.56. The zero-order chi connectivity index (χ0) is 18.0. The minimum atomic E-state index is -0.252. The van der Waals surface area contributed by atoms with Gasteiger partial charge >= 0.3 is 6.03 Å². The molecule has 2 heterocycles. The number of pyridine rings is 1. The van der Waals surface area contributed by atoms with Crippen LogP contribution in [0.15, 0.2) is 23.1 Å². The second-order valence-corrected chi connectivity index (χ2v) is 6.24. The van der Waals surface area contributed by atoms with E-state index >= 15 is 0 Å². The summed E-state index contributed by atoms with van der Waals surface area (Å²) in [6.45, 7) is 0.329. The monoisotopic (exact) mass is 345 g/mol. The van der Waals surface area contributed by atoms with Gasteiger partial charge in [0.25, 0.3) is 0 Å². The van der Waals surface area contributed by atoms with Crippen LogP contribution in [0.3, 0.4) is 0 Å². The zero-order valence-corrected chi connectivity index (χ0v) is 14.7. The zero-order valence-electron chi connectivity index (χ0n) is 14.7. The second kappa shape index (κ2) is 7.00. The molecule has 0 bridgehead atoms. The predicted molar refractivity (Wildman–Crippen MR) is 92.5 cm³/mol. The Morgan fingerprint density at radius 1 is 1.40 bits per heavy atom. The number of rotatable bonds is 4.